The van der Waals surface area contributed by atoms with Crippen molar-refractivity contribution in [1.82, 2.24) is 15.0 Å². The molecular formula is C24H22N4O5S. The van der Waals surface area contributed by atoms with E-state index in [9.17, 15) is 13.2 Å². The van der Waals surface area contributed by atoms with Gasteiger partial charge in [0.05, 0.1) is 12.5 Å². The Hall–Kier alpha value is -4.23. The molecule has 1 amide bonds. The minimum atomic E-state index is -3.95. The standard InChI is InChI=1S/C24H22N4O5S/c1-4-22(29)25-13-17-9-10-28(14-17)15-18-11-16(2)23-20(12-18)33-26-24(23)27-34(30,31)21-8-6-5-7-19(21)32-3/h1,5-12,14H,13,15H2,2-3H3,(H,25,29)(H,26,27). The number of carbonyl (C=O) groups excluding carboxylic acids is 1. The molecule has 0 atom stereocenters. The molecule has 0 unspecified atom stereocenters. The molecule has 0 fully saturated rings. The van der Waals surface area contributed by atoms with Crippen LogP contribution in [0.3, 0.4) is 0 Å². The van der Waals surface area contributed by atoms with Crippen LogP contribution in [0, 0.1) is 19.3 Å². The highest BCUT2D eigenvalue weighted by molar-refractivity contribution is 7.92. The maximum absolute atomic E-state index is 12.9. The number of methoxy groups -OCH3 is 1. The van der Waals surface area contributed by atoms with Crippen LogP contribution in [-0.4, -0.2) is 31.2 Å². The van der Waals surface area contributed by atoms with Crippen LogP contribution in [0.25, 0.3) is 11.0 Å². The Labute approximate surface area is 196 Å². The van der Waals surface area contributed by atoms with Gasteiger partial charge in [-0.3, -0.25) is 9.52 Å². The van der Waals surface area contributed by atoms with Crippen LogP contribution in [0.5, 0.6) is 5.75 Å². The number of aromatic nitrogens is 2. The first kappa shape index (κ1) is 22.9. The van der Waals surface area contributed by atoms with E-state index in [1.54, 1.807) is 18.2 Å². The lowest BCUT2D eigenvalue weighted by Crippen LogP contribution is -2.20. The second-order valence-electron chi connectivity index (χ2n) is 7.59. The molecule has 0 bridgehead atoms. The van der Waals surface area contributed by atoms with E-state index in [-0.39, 0.29) is 16.5 Å². The summed E-state index contributed by atoms with van der Waals surface area (Å²) in [6.07, 6.45) is 8.86. The molecule has 0 saturated heterocycles. The molecular weight excluding hydrogens is 456 g/mol. The number of fused-ring (bicyclic) bond motifs is 1. The fourth-order valence-corrected chi connectivity index (χ4v) is 4.84. The second kappa shape index (κ2) is 9.33. The Kier molecular flexibility index (Phi) is 6.30. The maximum atomic E-state index is 12.9. The average molecular weight is 479 g/mol. The number of hydrogen-bond donors (Lipinski definition) is 2. The first-order valence-corrected chi connectivity index (χ1v) is 11.7. The predicted molar refractivity (Wildman–Crippen MR) is 127 cm³/mol. The number of nitrogens with zero attached hydrogens (tertiary/aromatic N) is 2. The number of rotatable bonds is 8. The number of sulfonamides is 1. The molecule has 9 nitrogen and oxygen atoms in total. The van der Waals surface area contributed by atoms with Crippen LogP contribution < -0.4 is 14.8 Å². The van der Waals surface area contributed by atoms with E-state index >= 15 is 0 Å². The van der Waals surface area contributed by atoms with E-state index in [1.807, 2.05) is 48.0 Å². The third-order valence-electron chi connectivity index (χ3n) is 5.18. The molecule has 10 heteroatoms. The largest absolute Gasteiger partial charge is 0.495 e. The lowest BCUT2D eigenvalue weighted by atomic mass is 10.1. The molecule has 0 aliphatic heterocycles. The molecule has 2 heterocycles. The Balaban J connectivity index is 1.56. The Bertz CT molecular complexity index is 1510. The van der Waals surface area contributed by atoms with Crippen LogP contribution in [0.2, 0.25) is 0 Å². The molecule has 0 aliphatic rings. The topological polar surface area (TPSA) is 115 Å². The molecule has 4 rings (SSSR count). The summed E-state index contributed by atoms with van der Waals surface area (Å²) in [5.74, 6) is 1.89. The van der Waals surface area contributed by atoms with Gasteiger partial charge in [-0.05, 0) is 53.8 Å². The number of aryl methyl sites for hydroxylation is 1. The minimum Gasteiger partial charge on any atom is -0.495 e. The van der Waals surface area contributed by atoms with Gasteiger partial charge >= 0.3 is 0 Å². The zero-order chi connectivity index (χ0) is 24.3. The van der Waals surface area contributed by atoms with Crippen molar-refractivity contribution in [2.24, 2.45) is 0 Å². The molecule has 0 saturated carbocycles. The molecule has 2 aromatic carbocycles. The van der Waals surface area contributed by atoms with Gasteiger partial charge in [0, 0.05) is 25.5 Å². The van der Waals surface area contributed by atoms with E-state index < -0.39 is 15.9 Å². The number of benzene rings is 2. The van der Waals surface area contributed by atoms with Crippen molar-refractivity contribution in [3.8, 4) is 18.1 Å². The van der Waals surface area contributed by atoms with E-state index in [4.69, 9.17) is 15.7 Å². The van der Waals surface area contributed by atoms with Crippen molar-refractivity contribution in [3.63, 3.8) is 0 Å². The Morgan fingerprint density at radius 2 is 2.03 bits per heavy atom. The van der Waals surface area contributed by atoms with Gasteiger partial charge in [0.25, 0.3) is 15.9 Å². The average Bonchev–Trinajstić information content (AvgIpc) is 3.44. The number of hydrogen-bond acceptors (Lipinski definition) is 6. The van der Waals surface area contributed by atoms with Crippen LogP contribution in [0.1, 0.15) is 16.7 Å². The van der Waals surface area contributed by atoms with Gasteiger partial charge in [-0.1, -0.05) is 23.4 Å². The molecule has 2 aromatic heterocycles. The summed E-state index contributed by atoms with van der Waals surface area (Å²) < 4.78 is 41.0. The number of anilines is 1. The molecule has 0 aliphatic carbocycles. The van der Waals surface area contributed by atoms with Crippen molar-refractivity contribution in [1.29, 1.82) is 0 Å². The van der Waals surface area contributed by atoms with Gasteiger partial charge in [-0.15, -0.1) is 6.42 Å². The third kappa shape index (κ3) is 4.74. The van der Waals surface area contributed by atoms with Gasteiger partial charge in [-0.2, -0.15) is 0 Å². The summed E-state index contributed by atoms with van der Waals surface area (Å²) >= 11 is 0. The quantitative estimate of drug-likeness (QED) is 0.376. The maximum Gasteiger partial charge on any atom is 0.295 e. The molecule has 174 valence electrons. The zero-order valence-electron chi connectivity index (χ0n) is 18.5. The molecule has 0 radical (unpaired) electrons. The van der Waals surface area contributed by atoms with Crippen LogP contribution >= 0.6 is 0 Å². The van der Waals surface area contributed by atoms with Crippen molar-refractivity contribution in [2.45, 2.75) is 24.9 Å². The Morgan fingerprint density at radius 1 is 1.24 bits per heavy atom. The Morgan fingerprint density at radius 3 is 2.79 bits per heavy atom. The summed E-state index contributed by atoms with van der Waals surface area (Å²) in [7, 11) is -2.54. The fourth-order valence-electron chi connectivity index (χ4n) is 3.66. The summed E-state index contributed by atoms with van der Waals surface area (Å²) in [4.78, 5) is 11.2. The summed E-state index contributed by atoms with van der Waals surface area (Å²) in [6.45, 7) is 2.75. The smallest absolute Gasteiger partial charge is 0.295 e. The first-order valence-electron chi connectivity index (χ1n) is 10.2. The van der Waals surface area contributed by atoms with E-state index in [0.717, 1.165) is 16.7 Å². The lowest BCUT2D eigenvalue weighted by Gasteiger charge is -2.10. The highest BCUT2D eigenvalue weighted by Crippen LogP contribution is 2.31. The van der Waals surface area contributed by atoms with Crippen molar-refractivity contribution >= 4 is 32.7 Å². The first-order chi connectivity index (χ1) is 16.3. The lowest BCUT2D eigenvalue weighted by molar-refractivity contribution is -0.115. The molecule has 34 heavy (non-hydrogen) atoms. The summed E-state index contributed by atoms with van der Waals surface area (Å²) in [6, 6.07) is 12.0. The summed E-state index contributed by atoms with van der Waals surface area (Å²) in [5, 5.41) is 7.15. The van der Waals surface area contributed by atoms with Crippen molar-refractivity contribution in [3.05, 3.63) is 71.5 Å². The number of amides is 1. The normalized spacial score (nSPS) is 11.2. The van der Waals surface area contributed by atoms with Crippen molar-refractivity contribution in [2.75, 3.05) is 11.8 Å². The highest BCUT2D eigenvalue weighted by Gasteiger charge is 2.23. The van der Waals surface area contributed by atoms with Gasteiger partial charge in [0.2, 0.25) is 0 Å². The minimum absolute atomic E-state index is 0.00442. The van der Waals surface area contributed by atoms with Crippen LogP contribution in [-0.2, 0) is 27.9 Å². The number of carbonyl (C=O) groups is 1. The van der Waals surface area contributed by atoms with Gasteiger partial charge < -0.3 is 19.1 Å². The monoisotopic (exact) mass is 478 g/mol. The van der Waals surface area contributed by atoms with Crippen LogP contribution in [0.15, 0.2) is 64.3 Å². The third-order valence-corrected chi connectivity index (χ3v) is 6.56. The molecule has 0 spiro atoms. The SMILES string of the molecule is C#CC(=O)NCc1ccn(Cc2cc(C)c3c(NS(=O)(=O)c4ccccc4OC)noc3c2)c1. The van der Waals surface area contributed by atoms with E-state index in [2.05, 4.69) is 15.2 Å². The number of ether oxygens (including phenoxy) is 1. The predicted octanol–water partition coefficient (Wildman–Crippen LogP) is 3.04. The number of terminal acetylenes is 1. The zero-order valence-corrected chi connectivity index (χ0v) is 19.3. The molecule has 4 aromatic rings. The van der Waals surface area contributed by atoms with Gasteiger partial charge in [0.15, 0.2) is 11.4 Å². The number of para-hydroxylation sites is 1. The second-order valence-corrected chi connectivity index (χ2v) is 9.24. The molecule has 2 N–H and O–H groups in total. The number of nitrogens with one attached hydrogen (secondary N) is 2. The summed E-state index contributed by atoms with van der Waals surface area (Å²) in [5.41, 5.74) is 3.12. The van der Waals surface area contributed by atoms with Crippen molar-refractivity contribution < 1.29 is 22.5 Å². The van der Waals surface area contributed by atoms with Gasteiger partial charge in [-0.25, -0.2) is 8.42 Å². The highest BCUT2D eigenvalue weighted by atomic mass is 32.2. The van der Waals surface area contributed by atoms with Gasteiger partial charge in [0.1, 0.15) is 10.6 Å². The van der Waals surface area contributed by atoms with Crippen LogP contribution in [0.4, 0.5) is 5.82 Å². The van der Waals surface area contributed by atoms with E-state index in [0.29, 0.717) is 24.1 Å². The fraction of sp³-hybridized carbons (Fsp3) is 0.167. The van der Waals surface area contributed by atoms with E-state index in [1.165, 1.54) is 13.2 Å².